The van der Waals surface area contributed by atoms with Crippen LogP contribution in [0.2, 0.25) is 0 Å². The van der Waals surface area contributed by atoms with Gasteiger partial charge in [0.15, 0.2) is 9.84 Å². The molecule has 0 aliphatic carbocycles. The van der Waals surface area contributed by atoms with Crippen LogP contribution in [0.5, 0.6) is 0 Å². The van der Waals surface area contributed by atoms with Gasteiger partial charge < -0.3 is 9.64 Å². The monoisotopic (exact) mass is 445 g/mol. The van der Waals surface area contributed by atoms with Gasteiger partial charge in [-0.05, 0) is 47.0 Å². The van der Waals surface area contributed by atoms with Crippen LogP contribution in [0.15, 0.2) is 89.5 Å². The molecule has 0 atom stereocenters. The molecule has 0 unspecified atom stereocenters. The van der Waals surface area contributed by atoms with Crippen molar-refractivity contribution in [2.24, 2.45) is 0 Å². The molecule has 3 aromatic rings. The highest BCUT2D eigenvalue weighted by Crippen LogP contribution is 2.40. The Kier molecular flexibility index (Phi) is 5.72. The molecule has 5 nitrogen and oxygen atoms in total. The average Bonchev–Trinajstić information content (AvgIpc) is 3.09. The van der Waals surface area contributed by atoms with Crippen molar-refractivity contribution in [1.29, 1.82) is 0 Å². The summed E-state index contributed by atoms with van der Waals surface area (Å²) in [4.78, 5) is 15.1. The molecular formula is C26H23NO4S. The van der Waals surface area contributed by atoms with Crippen molar-refractivity contribution in [1.82, 2.24) is 0 Å². The van der Waals surface area contributed by atoms with E-state index in [0.717, 1.165) is 16.8 Å². The first-order chi connectivity index (χ1) is 15.2. The molecule has 1 heterocycles. The molecule has 32 heavy (non-hydrogen) atoms. The summed E-state index contributed by atoms with van der Waals surface area (Å²) < 4.78 is 29.5. The Hall–Kier alpha value is -3.64. The van der Waals surface area contributed by atoms with E-state index in [1.165, 1.54) is 6.26 Å². The van der Waals surface area contributed by atoms with E-state index in [1.54, 1.807) is 24.3 Å². The van der Waals surface area contributed by atoms with Crippen molar-refractivity contribution in [2.45, 2.75) is 4.90 Å². The Bertz CT molecular complexity index is 1320. The predicted octanol–water partition coefficient (Wildman–Crippen LogP) is 4.66. The number of hydrogen-bond acceptors (Lipinski definition) is 5. The van der Waals surface area contributed by atoms with Gasteiger partial charge in [0.2, 0.25) is 0 Å². The molecule has 0 fully saturated rings. The second-order valence-corrected chi connectivity index (χ2v) is 9.81. The summed E-state index contributed by atoms with van der Waals surface area (Å²) in [5.74, 6) is -0.00638. The Balaban J connectivity index is 1.87. The first kappa shape index (κ1) is 21.6. The molecule has 0 radical (unpaired) electrons. The van der Waals surface area contributed by atoms with Crippen LogP contribution in [0.25, 0.3) is 17.2 Å². The fourth-order valence-electron chi connectivity index (χ4n) is 3.57. The number of esters is 1. The van der Waals surface area contributed by atoms with Crippen LogP contribution in [0, 0.1) is 0 Å². The molecule has 3 aromatic carbocycles. The molecule has 0 saturated heterocycles. The van der Waals surface area contributed by atoms with Gasteiger partial charge in [-0.15, -0.1) is 0 Å². The van der Waals surface area contributed by atoms with Gasteiger partial charge in [-0.25, -0.2) is 13.2 Å². The van der Waals surface area contributed by atoms with Crippen LogP contribution in [-0.4, -0.2) is 34.7 Å². The number of ether oxygens (including phenoxy) is 1. The zero-order valence-electron chi connectivity index (χ0n) is 18.1. The second kappa shape index (κ2) is 8.48. The quantitative estimate of drug-likeness (QED) is 0.534. The van der Waals surface area contributed by atoms with E-state index in [0.29, 0.717) is 22.5 Å². The Labute approximate surface area is 188 Å². The minimum atomic E-state index is -3.33. The fourth-order valence-corrected chi connectivity index (χ4v) is 4.20. The largest absolute Gasteiger partial charge is 0.422 e. The minimum Gasteiger partial charge on any atom is -0.422 e. The van der Waals surface area contributed by atoms with Crippen molar-refractivity contribution in [2.75, 3.05) is 25.3 Å². The summed E-state index contributed by atoms with van der Waals surface area (Å²) >= 11 is 0. The molecule has 0 bridgehead atoms. The van der Waals surface area contributed by atoms with Crippen molar-refractivity contribution in [3.8, 4) is 0 Å². The fraction of sp³-hybridized carbons (Fsp3) is 0.115. The van der Waals surface area contributed by atoms with Crippen LogP contribution in [-0.2, 0) is 19.4 Å². The summed E-state index contributed by atoms with van der Waals surface area (Å²) in [5, 5.41) is 0. The Morgan fingerprint density at radius 2 is 1.38 bits per heavy atom. The van der Waals surface area contributed by atoms with Gasteiger partial charge in [0, 0.05) is 31.6 Å². The molecule has 0 aromatic heterocycles. The van der Waals surface area contributed by atoms with Crippen molar-refractivity contribution in [3.63, 3.8) is 0 Å². The second-order valence-electron chi connectivity index (χ2n) is 7.80. The first-order valence-electron chi connectivity index (χ1n) is 10.1. The molecule has 6 heteroatoms. The van der Waals surface area contributed by atoms with Crippen LogP contribution < -0.4 is 4.90 Å². The van der Waals surface area contributed by atoms with Crippen molar-refractivity contribution < 1.29 is 17.9 Å². The third-order valence-electron chi connectivity index (χ3n) is 5.24. The smallest absolute Gasteiger partial charge is 0.344 e. The number of rotatable bonds is 5. The van der Waals surface area contributed by atoms with E-state index in [2.05, 4.69) is 0 Å². The number of carbonyl (C=O) groups excluding carboxylic acids is 1. The van der Waals surface area contributed by atoms with Crippen molar-refractivity contribution in [3.05, 3.63) is 101 Å². The lowest BCUT2D eigenvalue weighted by molar-refractivity contribution is -0.131. The molecule has 0 spiro atoms. The van der Waals surface area contributed by atoms with Gasteiger partial charge in [0.25, 0.3) is 0 Å². The zero-order chi connectivity index (χ0) is 22.9. The lowest BCUT2D eigenvalue weighted by atomic mass is 9.94. The highest BCUT2D eigenvalue weighted by atomic mass is 32.2. The van der Waals surface area contributed by atoms with Gasteiger partial charge in [0.1, 0.15) is 5.76 Å². The summed E-state index contributed by atoms with van der Waals surface area (Å²) in [5.41, 5.74) is 4.49. The zero-order valence-corrected chi connectivity index (χ0v) is 18.9. The molecule has 0 amide bonds. The number of carbonyl (C=O) groups is 1. The van der Waals surface area contributed by atoms with Gasteiger partial charge in [0.05, 0.1) is 10.5 Å². The van der Waals surface area contributed by atoms with E-state index in [-0.39, 0.29) is 4.90 Å². The highest BCUT2D eigenvalue weighted by Gasteiger charge is 2.32. The van der Waals surface area contributed by atoms with E-state index in [1.807, 2.05) is 79.7 Å². The molecule has 1 aliphatic rings. The number of hydrogen-bond donors (Lipinski definition) is 0. The standard InChI is InChI=1S/C26H23NO4S/c1-27(2)21-13-9-18(10-14-21)17-23-24(20-11-15-22(16-12-20)32(3,29)30)25(26(28)31-23)19-7-5-4-6-8-19/h4-17H,1-3H3/b23-17-. The summed E-state index contributed by atoms with van der Waals surface area (Å²) in [6, 6.07) is 23.7. The molecule has 162 valence electrons. The average molecular weight is 446 g/mol. The number of anilines is 1. The summed E-state index contributed by atoms with van der Waals surface area (Å²) in [6.45, 7) is 0. The van der Waals surface area contributed by atoms with Gasteiger partial charge in [-0.2, -0.15) is 0 Å². The maximum absolute atomic E-state index is 12.9. The summed E-state index contributed by atoms with van der Waals surface area (Å²) in [6.07, 6.45) is 2.99. The normalized spacial score (nSPS) is 15.2. The minimum absolute atomic E-state index is 0.221. The lowest BCUT2D eigenvalue weighted by Crippen LogP contribution is -2.07. The summed E-state index contributed by atoms with van der Waals surface area (Å²) in [7, 11) is 0.618. The number of nitrogens with zero attached hydrogens (tertiary/aromatic N) is 1. The molecular weight excluding hydrogens is 422 g/mol. The van der Waals surface area contributed by atoms with E-state index < -0.39 is 15.8 Å². The van der Waals surface area contributed by atoms with Crippen LogP contribution in [0.4, 0.5) is 5.69 Å². The topological polar surface area (TPSA) is 63.7 Å². The number of benzene rings is 3. The number of sulfone groups is 1. The van der Waals surface area contributed by atoms with E-state index >= 15 is 0 Å². The molecule has 1 aliphatic heterocycles. The number of cyclic esters (lactones) is 1. The third kappa shape index (κ3) is 4.36. The van der Waals surface area contributed by atoms with Crippen LogP contribution >= 0.6 is 0 Å². The van der Waals surface area contributed by atoms with E-state index in [9.17, 15) is 13.2 Å². The van der Waals surface area contributed by atoms with Gasteiger partial charge in [-0.3, -0.25) is 0 Å². The predicted molar refractivity (Wildman–Crippen MR) is 128 cm³/mol. The third-order valence-corrected chi connectivity index (χ3v) is 6.37. The van der Waals surface area contributed by atoms with Gasteiger partial charge in [-0.1, -0.05) is 54.6 Å². The highest BCUT2D eigenvalue weighted by molar-refractivity contribution is 7.90. The number of allylic oxidation sites excluding steroid dienone is 1. The first-order valence-corrected chi connectivity index (χ1v) is 11.9. The lowest BCUT2D eigenvalue weighted by Gasteiger charge is -2.12. The van der Waals surface area contributed by atoms with Crippen LogP contribution in [0.1, 0.15) is 16.7 Å². The Morgan fingerprint density at radius 1 is 0.781 bits per heavy atom. The molecule has 4 rings (SSSR count). The molecule has 0 N–H and O–H groups in total. The SMILES string of the molecule is CN(C)c1ccc(/C=C2\OC(=O)C(c3ccccc3)=C2c2ccc(S(C)(=O)=O)cc2)cc1. The van der Waals surface area contributed by atoms with Gasteiger partial charge >= 0.3 is 5.97 Å². The molecule has 0 saturated carbocycles. The maximum Gasteiger partial charge on any atom is 0.344 e. The van der Waals surface area contributed by atoms with Crippen LogP contribution in [0.3, 0.4) is 0 Å². The maximum atomic E-state index is 12.9. The van der Waals surface area contributed by atoms with Crippen molar-refractivity contribution >= 4 is 38.7 Å². The Morgan fingerprint density at radius 3 is 1.94 bits per heavy atom. The van der Waals surface area contributed by atoms with E-state index in [4.69, 9.17) is 4.74 Å².